The van der Waals surface area contributed by atoms with Crippen LogP contribution in [0.25, 0.3) is 10.9 Å². The first-order valence-electron chi connectivity index (χ1n) is 11.3. The number of fused-ring (bicyclic) bond motifs is 1. The predicted octanol–water partition coefficient (Wildman–Crippen LogP) is 4.61. The Hall–Kier alpha value is -2.13. The van der Waals surface area contributed by atoms with Gasteiger partial charge < -0.3 is 19.9 Å². The van der Waals surface area contributed by atoms with Crippen LogP contribution in [0.4, 0.5) is 0 Å². The van der Waals surface area contributed by atoms with Gasteiger partial charge in [0.25, 0.3) is 0 Å². The number of thioether (sulfide) groups is 1. The van der Waals surface area contributed by atoms with Crippen LogP contribution in [0.3, 0.4) is 0 Å². The average Bonchev–Trinajstić information content (AvgIpc) is 3.32. The lowest BCUT2D eigenvalue weighted by atomic mass is 9.99. The van der Waals surface area contributed by atoms with E-state index in [0.717, 1.165) is 60.3 Å². The number of piperidine rings is 1. The van der Waals surface area contributed by atoms with Crippen molar-refractivity contribution >= 4 is 40.0 Å². The molecule has 0 radical (unpaired) electrons. The number of aromatic nitrogens is 1. The number of hydrogen-bond donors (Lipinski definition) is 2. The van der Waals surface area contributed by atoms with Crippen molar-refractivity contribution in [3.05, 3.63) is 53.0 Å². The monoisotopic (exact) mass is 486 g/mol. The van der Waals surface area contributed by atoms with Crippen LogP contribution in [0, 0.1) is 5.92 Å². The maximum atomic E-state index is 12.1. The van der Waals surface area contributed by atoms with E-state index in [4.69, 9.17) is 9.47 Å². The summed E-state index contributed by atoms with van der Waals surface area (Å²) in [6.07, 6.45) is 4.53. The number of benzene rings is 1. The molecule has 0 unspecified atom stereocenters. The number of aliphatic hydroxyl groups excluding tert-OH is 1. The molecule has 2 aromatic heterocycles. The number of hydrogen-bond acceptors (Lipinski definition) is 8. The topological polar surface area (TPSA) is 80.7 Å². The van der Waals surface area contributed by atoms with Crippen LogP contribution >= 0.6 is 23.1 Å². The smallest absolute Gasteiger partial charge is 0.310 e. The first-order chi connectivity index (χ1) is 16.1. The van der Waals surface area contributed by atoms with Crippen LogP contribution in [-0.4, -0.2) is 48.6 Å². The van der Waals surface area contributed by atoms with Crippen molar-refractivity contribution in [3.63, 3.8) is 0 Å². The van der Waals surface area contributed by atoms with Gasteiger partial charge in [-0.15, -0.1) is 23.1 Å². The van der Waals surface area contributed by atoms with Crippen molar-refractivity contribution in [1.82, 2.24) is 10.3 Å². The van der Waals surface area contributed by atoms with Gasteiger partial charge in [0.2, 0.25) is 0 Å². The molecule has 0 saturated carbocycles. The van der Waals surface area contributed by atoms with E-state index in [0.29, 0.717) is 13.0 Å². The number of thiophene rings is 1. The molecule has 0 aliphatic carbocycles. The molecule has 0 spiro atoms. The highest BCUT2D eigenvalue weighted by Crippen LogP contribution is 2.31. The Morgan fingerprint density at radius 2 is 2.27 bits per heavy atom. The van der Waals surface area contributed by atoms with Crippen LogP contribution in [0.15, 0.2) is 46.1 Å². The molecule has 1 aliphatic rings. The van der Waals surface area contributed by atoms with Gasteiger partial charge in [-0.1, -0.05) is 0 Å². The molecule has 0 amide bonds. The van der Waals surface area contributed by atoms with Crippen LogP contribution in [0.5, 0.6) is 5.75 Å². The molecular formula is C25H30N2O4S2. The molecule has 176 valence electrons. The van der Waals surface area contributed by atoms with E-state index in [-0.39, 0.29) is 11.9 Å². The van der Waals surface area contributed by atoms with E-state index in [1.54, 1.807) is 36.4 Å². The molecule has 1 saturated heterocycles. The highest BCUT2D eigenvalue weighted by molar-refractivity contribution is 8.01. The Morgan fingerprint density at radius 3 is 3.09 bits per heavy atom. The summed E-state index contributed by atoms with van der Waals surface area (Å²) >= 11 is 3.40. The van der Waals surface area contributed by atoms with E-state index < -0.39 is 6.10 Å². The number of nitrogens with one attached hydrogen (secondary N) is 1. The van der Waals surface area contributed by atoms with E-state index in [9.17, 15) is 9.90 Å². The fourth-order valence-corrected chi connectivity index (χ4v) is 5.98. The molecule has 4 rings (SSSR count). The number of ether oxygens (including phenoxy) is 2. The average molecular weight is 487 g/mol. The number of methoxy groups -OCH3 is 1. The third-order valence-corrected chi connectivity index (χ3v) is 8.07. The van der Waals surface area contributed by atoms with Gasteiger partial charge in [0, 0.05) is 23.9 Å². The quantitative estimate of drug-likeness (QED) is 0.246. The molecule has 1 fully saturated rings. The third-order valence-electron chi connectivity index (χ3n) is 5.88. The van der Waals surface area contributed by atoms with Crippen molar-refractivity contribution in [1.29, 1.82) is 0 Å². The number of esters is 1. The Morgan fingerprint density at radius 1 is 1.36 bits per heavy atom. The van der Waals surface area contributed by atoms with Crippen LogP contribution in [0.1, 0.15) is 36.5 Å². The lowest BCUT2D eigenvalue weighted by molar-refractivity contribution is -0.148. The van der Waals surface area contributed by atoms with Crippen molar-refractivity contribution in [2.45, 2.75) is 36.0 Å². The molecule has 2 atom stereocenters. The van der Waals surface area contributed by atoms with Gasteiger partial charge in [0.1, 0.15) is 12.4 Å². The summed E-state index contributed by atoms with van der Waals surface area (Å²) in [5.41, 5.74) is 2.93. The molecule has 33 heavy (non-hydrogen) atoms. The Balaban J connectivity index is 1.24. The second-order valence-electron chi connectivity index (χ2n) is 8.17. The zero-order valence-electron chi connectivity index (χ0n) is 18.8. The number of aliphatic hydroxyl groups is 1. The first kappa shape index (κ1) is 24.0. The van der Waals surface area contributed by atoms with Gasteiger partial charge >= 0.3 is 5.97 Å². The number of nitrogens with zero attached hydrogens (tertiary/aromatic N) is 1. The summed E-state index contributed by atoms with van der Waals surface area (Å²) in [5, 5.41) is 17.2. The third kappa shape index (κ3) is 6.47. The molecule has 1 aromatic carbocycles. The van der Waals surface area contributed by atoms with Gasteiger partial charge in [0.05, 0.1) is 28.9 Å². The Labute approximate surface area is 202 Å². The highest BCUT2D eigenvalue weighted by Gasteiger charge is 2.22. The van der Waals surface area contributed by atoms with Crippen molar-refractivity contribution in [2.24, 2.45) is 5.92 Å². The van der Waals surface area contributed by atoms with E-state index in [1.807, 2.05) is 24.3 Å². The summed E-state index contributed by atoms with van der Waals surface area (Å²) in [4.78, 5) is 16.5. The minimum atomic E-state index is -0.577. The second-order valence-corrected chi connectivity index (χ2v) is 10.5. The Kier molecular flexibility index (Phi) is 8.61. The lowest BCUT2D eigenvalue weighted by Crippen LogP contribution is -2.35. The largest absolute Gasteiger partial charge is 0.497 e. The van der Waals surface area contributed by atoms with E-state index >= 15 is 0 Å². The molecule has 2 N–H and O–H groups in total. The van der Waals surface area contributed by atoms with Crippen LogP contribution < -0.4 is 10.1 Å². The van der Waals surface area contributed by atoms with Crippen molar-refractivity contribution in [3.8, 4) is 5.75 Å². The molecule has 6 nitrogen and oxygen atoms in total. The van der Waals surface area contributed by atoms with E-state index in [1.165, 1.54) is 9.77 Å². The maximum Gasteiger partial charge on any atom is 0.310 e. The molecule has 0 bridgehead atoms. The summed E-state index contributed by atoms with van der Waals surface area (Å²) in [5.74, 6) is 1.43. The van der Waals surface area contributed by atoms with E-state index in [2.05, 4.69) is 21.7 Å². The number of aryl methyl sites for hydroxylation is 1. The summed E-state index contributed by atoms with van der Waals surface area (Å²) in [7, 11) is 1.64. The molecule has 8 heteroatoms. The standard InChI is InChI=1S/C25H30N2O4S2/c1-30-19-5-6-22-21(14-19)20(8-10-27-22)23(28)7-4-17-13-24(33-16-17)32-12-11-31-25(29)18-3-2-9-26-15-18/h5-6,8,10,13-14,16,18,23,26,28H,2-4,7,9,11-12,15H2,1H3/t18-,23+/m0/s1. The van der Waals surface area contributed by atoms with Crippen LogP contribution in [-0.2, 0) is 16.0 Å². The second kappa shape index (κ2) is 11.8. The zero-order valence-corrected chi connectivity index (χ0v) is 20.4. The fourth-order valence-electron chi connectivity index (χ4n) is 4.04. The Bertz CT molecular complexity index is 1070. The van der Waals surface area contributed by atoms with Gasteiger partial charge in [-0.3, -0.25) is 9.78 Å². The fraction of sp³-hybridized carbons (Fsp3) is 0.440. The molecule has 3 aromatic rings. The maximum absolute atomic E-state index is 12.1. The summed E-state index contributed by atoms with van der Waals surface area (Å²) in [6.45, 7) is 2.16. The SMILES string of the molecule is COc1ccc2nccc([C@H](O)CCc3csc(SCCOC(=O)[C@H]4CCCNC4)c3)c2c1. The minimum Gasteiger partial charge on any atom is -0.497 e. The van der Waals surface area contributed by atoms with Gasteiger partial charge in [0.15, 0.2) is 0 Å². The molecular weight excluding hydrogens is 456 g/mol. The van der Waals surface area contributed by atoms with Crippen LogP contribution in [0.2, 0.25) is 0 Å². The summed E-state index contributed by atoms with van der Waals surface area (Å²) in [6, 6.07) is 9.77. The van der Waals surface area contributed by atoms with Crippen molar-refractivity contribution < 1.29 is 19.4 Å². The summed E-state index contributed by atoms with van der Waals surface area (Å²) < 4.78 is 12.0. The number of carbonyl (C=O) groups is 1. The van der Waals surface area contributed by atoms with Gasteiger partial charge in [-0.2, -0.15) is 0 Å². The number of rotatable bonds is 10. The number of pyridine rings is 1. The lowest BCUT2D eigenvalue weighted by Gasteiger charge is -2.20. The zero-order chi connectivity index (χ0) is 23.0. The minimum absolute atomic E-state index is 0.00196. The predicted molar refractivity (Wildman–Crippen MR) is 133 cm³/mol. The molecule has 3 heterocycles. The number of carbonyl (C=O) groups excluding carboxylic acids is 1. The van der Waals surface area contributed by atoms with Gasteiger partial charge in [-0.05, 0) is 79.1 Å². The first-order valence-corrected chi connectivity index (χ1v) is 13.2. The normalized spacial score (nSPS) is 17.1. The highest BCUT2D eigenvalue weighted by atomic mass is 32.2. The molecule has 1 aliphatic heterocycles. The van der Waals surface area contributed by atoms with Crippen molar-refractivity contribution in [2.75, 3.05) is 32.6 Å². The van der Waals surface area contributed by atoms with Gasteiger partial charge in [-0.25, -0.2) is 0 Å².